The van der Waals surface area contributed by atoms with E-state index >= 15 is 0 Å². The summed E-state index contributed by atoms with van der Waals surface area (Å²) in [6, 6.07) is 10.9. The van der Waals surface area contributed by atoms with E-state index in [4.69, 9.17) is 21.1 Å². The zero-order chi connectivity index (χ0) is 13.9. The summed E-state index contributed by atoms with van der Waals surface area (Å²) in [4.78, 5) is 4.33. The summed E-state index contributed by atoms with van der Waals surface area (Å²) >= 11 is 6.04. The first-order valence-corrected chi connectivity index (χ1v) is 6.41. The van der Waals surface area contributed by atoms with Crippen molar-refractivity contribution in [1.29, 1.82) is 0 Å². The van der Waals surface area contributed by atoms with Crippen LogP contribution >= 0.6 is 11.6 Å². The molecule has 0 bridgehead atoms. The van der Waals surface area contributed by atoms with E-state index < -0.39 is 0 Å². The van der Waals surface area contributed by atoms with Gasteiger partial charge in [0.2, 0.25) is 0 Å². The Balaban J connectivity index is 1.74. The highest BCUT2D eigenvalue weighted by molar-refractivity contribution is 6.33. The summed E-state index contributed by atoms with van der Waals surface area (Å²) in [5.74, 6) is 2.10. The lowest BCUT2D eigenvalue weighted by molar-refractivity contribution is 0.295. The maximum Gasteiger partial charge on any atom is 0.189 e. The number of rotatable bonds is 4. The van der Waals surface area contributed by atoms with Crippen molar-refractivity contribution in [2.75, 3.05) is 7.11 Å². The predicted octanol–water partition coefficient (Wildman–Crippen LogP) is 2.97. The molecular formula is C14H12ClN3O2. The van der Waals surface area contributed by atoms with Crippen LogP contribution < -0.4 is 9.47 Å². The summed E-state index contributed by atoms with van der Waals surface area (Å²) in [5.41, 5.74) is 0.627. The first-order chi connectivity index (χ1) is 9.76. The van der Waals surface area contributed by atoms with Crippen LogP contribution in [0.5, 0.6) is 11.5 Å². The molecule has 0 unspecified atom stereocenters. The minimum absolute atomic E-state index is 0.282. The first kappa shape index (κ1) is 12.7. The molecular weight excluding hydrogens is 278 g/mol. The van der Waals surface area contributed by atoms with Gasteiger partial charge in [-0.1, -0.05) is 11.6 Å². The average molecular weight is 290 g/mol. The van der Waals surface area contributed by atoms with E-state index in [1.165, 1.54) is 0 Å². The fourth-order valence-corrected chi connectivity index (χ4v) is 2.00. The third-order valence-electron chi connectivity index (χ3n) is 2.79. The highest BCUT2D eigenvalue weighted by Gasteiger charge is 2.07. The topological polar surface area (TPSA) is 48.7 Å². The Kier molecular flexibility index (Phi) is 3.43. The van der Waals surface area contributed by atoms with Gasteiger partial charge in [-0.05, 0) is 36.4 Å². The Bertz CT molecular complexity index is 725. The molecule has 0 spiro atoms. The zero-order valence-corrected chi connectivity index (χ0v) is 11.5. The van der Waals surface area contributed by atoms with E-state index in [1.807, 2.05) is 30.3 Å². The van der Waals surface area contributed by atoms with Crippen LogP contribution in [0.1, 0.15) is 5.82 Å². The van der Waals surface area contributed by atoms with Gasteiger partial charge in [0.1, 0.15) is 18.1 Å². The molecule has 3 rings (SSSR count). The van der Waals surface area contributed by atoms with Gasteiger partial charge in [0.15, 0.2) is 11.5 Å². The summed E-state index contributed by atoms with van der Waals surface area (Å²) in [5, 5.41) is 4.86. The fourth-order valence-electron chi connectivity index (χ4n) is 1.80. The number of aromatic nitrogens is 3. The van der Waals surface area contributed by atoms with E-state index in [2.05, 4.69) is 10.1 Å². The molecule has 0 amide bonds. The minimum atomic E-state index is 0.282. The van der Waals surface area contributed by atoms with Gasteiger partial charge < -0.3 is 9.47 Å². The molecule has 0 saturated heterocycles. The zero-order valence-electron chi connectivity index (χ0n) is 10.8. The van der Waals surface area contributed by atoms with Gasteiger partial charge in [-0.15, -0.1) is 5.10 Å². The molecule has 2 aromatic heterocycles. The smallest absolute Gasteiger partial charge is 0.189 e. The number of hydrogen-bond acceptors (Lipinski definition) is 4. The Labute approximate surface area is 120 Å². The molecule has 5 nitrogen and oxygen atoms in total. The molecule has 0 N–H and O–H groups in total. The highest BCUT2D eigenvalue weighted by atomic mass is 35.5. The van der Waals surface area contributed by atoms with Gasteiger partial charge in [-0.2, -0.15) is 0 Å². The molecule has 0 aliphatic rings. The quantitative estimate of drug-likeness (QED) is 0.741. The molecule has 6 heteroatoms. The van der Waals surface area contributed by atoms with Crippen LogP contribution in [0.3, 0.4) is 0 Å². The van der Waals surface area contributed by atoms with Gasteiger partial charge in [-0.3, -0.25) is 0 Å². The van der Waals surface area contributed by atoms with Gasteiger partial charge in [0.25, 0.3) is 0 Å². The third-order valence-corrected chi connectivity index (χ3v) is 3.08. The normalized spacial score (nSPS) is 10.7. The molecule has 0 fully saturated rings. The monoisotopic (exact) mass is 289 g/mol. The van der Waals surface area contributed by atoms with Crippen molar-refractivity contribution in [3.63, 3.8) is 0 Å². The van der Waals surface area contributed by atoms with Gasteiger partial charge in [-0.25, -0.2) is 9.50 Å². The summed E-state index contributed by atoms with van der Waals surface area (Å²) < 4.78 is 12.3. The van der Waals surface area contributed by atoms with Crippen molar-refractivity contribution >= 4 is 17.2 Å². The molecule has 1 aromatic carbocycles. The van der Waals surface area contributed by atoms with Crippen LogP contribution in [0.25, 0.3) is 5.65 Å². The van der Waals surface area contributed by atoms with Crippen molar-refractivity contribution in [1.82, 2.24) is 14.6 Å². The molecule has 0 aliphatic heterocycles. The molecule has 0 atom stereocenters. The molecule has 2 heterocycles. The standard InChI is InChI=1S/C14H12ClN3O2/c1-19-10-4-6-11(7-5-10)20-9-13-16-14-12(15)3-2-8-18(14)17-13/h2-8H,9H2,1H3. The molecule has 0 aliphatic carbocycles. The van der Waals surface area contributed by atoms with E-state index in [9.17, 15) is 0 Å². The van der Waals surface area contributed by atoms with Gasteiger partial charge >= 0.3 is 0 Å². The van der Waals surface area contributed by atoms with Crippen LogP contribution in [0.15, 0.2) is 42.6 Å². The lowest BCUT2D eigenvalue weighted by atomic mass is 10.3. The van der Waals surface area contributed by atoms with Crippen LogP contribution in [0, 0.1) is 0 Å². The van der Waals surface area contributed by atoms with Crippen LogP contribution in [0.4, 0.5) is 0 Å². The summed E-state index contributed by atoms with van der Waals surface area (Å²) in [6.07, 6.45) is 1.80. The maximum atomic E-state index is 6.04. The van der Waals surface area contributed by atoms with Crippen LogP contribution in [0.2, 0.25) is 5.02 Å². The fraction of sp³-hybridized carbons (Fsp3) is 0.143. The Morgan fingerprint density at radius 2 is 1.90 bits per heavy atom. The van der Waals surface area contributed by atoms with Crippen molar-refractivity contribution in [3.8, 4) is 11.5 Å². The predicted molar refractivity (Wildman–Crippen MR) is 75.3 cm³/mol. The second kappa shape index (κ2) is 5.38. The van der Waals surface area contributed by atoms with Gasteiger partial charge in [0.05, 0.1) is 12.1 Å². The molecule has 3 aromatic rings. The molecule has 102 valence electrons. The average Bonchev–Trinajstić information content (AvgIpc) is 2.90. The first-order valence-electron chi connectivity index (χ1n) is 6.03. The minimum Gasteiger partial charge on any atom is -0.497 e. The maximum absolute atomic E-state index is 6.04. The summed E-state index contributed by atoms with van der Waals surface area (Å²) in [7, 11) is 1.63. The van der Waals surface area contributed by atoms with Crippen molar-refractivity contribution in [2.24, 2.45) is 0 Å². The molecule has 0 radical (unpaired) electrons. The van der Waals surface area contributed by atoms with Gasteiger partial charge in [0, 0.05) is 6.20 Å². The number of hydrogen-bond donors (Lipinski definition) is 0. The number of nitrogens with zero attached hydrogens (tertiary/aromatic N) is 3. The van der Waals surface area contributed by atoms with E-state index in [-0.39, 0.29) is 6.61 Å². The van der Waals surface area contributed by atoms with Crippen molar-refractivity contribution < 1.29 is 9.47 Å². The van der Waals surface area contributed by atoms with Crippen LogP contribution in [-0.4, -0.2) is 21.7 Å². The number of benzene rings is 1. The van der Waals surface area contributed by atoms with E-state index in [0.717, 1.165) is 11.5 Å². The highest BCUT2D eigenvalue weighted by Crippen LogP contribution is 2.18. The number of halogens is 1. The molecule has 20 heavy (non-hydrogen) atoms. The number of pyridine rings is 1. The largest absolute Gasteiger partial charge is 0.497 e. The van der Waals surface area contributed by atoms with E-state index in [1.54, 1.807) is 23.9 Å². The second-order valence-corrected chi connectivity index (χ2v) is 4.52. The summed E-state index contributed by atoms with van der Waals surface area (Å²) in [6.45, 7) is 0.282. The SMILES string of the molecule is COc1ccc(OCc2nc3c(Cl)cccn3n2)cc1. The van der Waals surface area contributed by atoms with Crippen LogP contribution in [-0.2, 0) is 6.61 Å². The van der Waals surface area contributed by atoms with Crippen molar-refractivity contribution in [3.05, 3.63) is 53.4 Å². The Morgan fingerprint density at radius 1 is 1.15 bits per heavy atom. The number of ether oxygens (including phenoxy) is 2. The Hall–Kier alpha value is -2.27. The van der Waals surface area contributed by atoms with Crippen molar-refractivity contribution in [2.45, 2.75) is 6.61 Å². The molecule has 0 saturated carbocycles. The number of methoxy groups -OCH3 is 1. The number of fused-ring (bicyclic) bond motifs is 1. The third kappa shape index (κ3) is 2.53. The van der Waals surface area contributed by atoms with E-state index in [0.29, 0.717) is 16.5 Å². The lowest BCUT2D eigenvalue weighted by Crippen LogP contribution is -1.98. The second-order valence-electron chi connectivity index (χ2n) is 4.12. The lowest BCUT2D eigenvalue weighted by Gasteiger charge is -2.04. The Morgan fingerprint density at radius 3 is 2.60 bits per heavy atom.